The monoisotopic (exact) mass is 624 g/mol. The van der Waals surface area contributed by atoms with Gasteiger partial charge in [0.15, 0.2) is 0 Å². The van der Waals surface area contributed by atoms with Crippen LogP contribution in [0, 0.1) is 0 Å². The van der Waals surface area contributed by atoms with Gasteiger partial charge in [-0.15, -0.1) is 0 Å². The van der Waals surface area contributed by atoms with E-state index in [2.05, 4.69) is 187 Å². The molecule has 0 saturated carbocycles. The van der Waals surface area contributed by atoms with E-state index in [1.54, 1.807) is 0 Å². The smallest absolute Gasteiger partial charge is 0.0715 e. The molecule has 2 aromatic heterocycles. The quantitative estimate of drug-likeness (QED) is 0.180. The van der Waals surface area contributed by atoms with Crippen LogP contribution in [-0.4, -0.2) is 9.55 Å². The van der Waals surface area contributed by atoms with E-state index in [0.717, 1.165) is 39.3 Å². The SMILES string of the molecule is c1ccc(-c2ccc3c(c2)c2cc(-c4ccccc4)ccc2n3-c2ccc(-c3cc(-c4ccccc4)nc(-c4ccccc4)c3)cc2)cc1. The molecule has 0 amide bonds. The average molecular weight is 625 g/mol. The third-order valence-corrected chi connectivity index (χ3v) is 9.40. The fraction of sp³-hybridized carbons (Fsp3) is 0. The molecule has 2 heteroatoms. The van der Waals surface area contributed by atoms with E-state index in [4.69, 9.17) is 4.98 Å². The lowest BCUT2D eigenvalue weighted by Gasteiger charge is -2.12. The van der Waals surface area contributed by atoms with Crippen molar-refractivity contribution in [2.45, 2.75) is 0 Å². The number of benzene rings is 7. The Kier molecular flexibility index (Phi) is 7.18. The van der Waals surface area contributed by atoms with E-state index in [1.165, 1.54) is 44.1 Å². The molecule has 0 saturated heterocycles. The molecule has 2 nitrogen and oxygen atoms in total. The van der Waals surface area contributed by atoms with Crippen molar-refractivity contribution in [2.24, 2.45) is 0 Å². The zero-order valence-corrected chi connectivity index (χ0v) is 26.9. The first-order valence-corrected chi connectivity index (χ1v) is 16.7. The molecule has 0 spiro atoms. The number of pyridine rings is 1. The van der Waals surface area contributed by atoms with E-state index in [1.807, 2.05) is 12.1 Å². The number of hydrogen-bond donors (Lipinski definition) is 0. The molecule has 0 atom stereocenters. The Morgan fingerprint density at radius 1 is 0.286 bits per heavy atom. The van der Waals surface area contributed by atoms with E-state index in [-0.39, 0.29) is 0 Å². The summed E-state index contributed by atoms with van der Waals surface area (Å²) in [4.78, 5) is 5.08. The fourth-order valence-electron chi connectivity index (χ4n) is 6.94. The maximum absolute atomic E-state index is 5.08. The second-order valence-electron chi connectivity index (χ2n) is 12.4. The summed E-state index contributed by atoms with van der Waals surface area (Å²) in [5.41, 5.74) is 14.8. The van der Waals surface area contributed by atoms with Gasteiger partial charge >= 0.3 is 0 Å². The van der Waals surface area contributed by atoms with Gasteiger partial charge in [0, 0.05) is 27.6 Å². The average Bonchev–Trinajstić information content (AvgIpc) is 3.52. The zero-order valence-electron chi connectivity index (χ0n) is 26.9. The number of hydrogen-bond acceptors (Lipinski definition) is 1. The summed E-state index contributed by atoms with van der Waals surface area (Å²) in [6, 6.07) is 69.2. The van der Waals surface area contributed by atoms with Crippen LogP contribution in [0.15, 0.2) is 194 Å². The van der Waals surface area contributed by atoms with Gasteiger partial charge in [0.1, 0.15) is 0 Å². The van der Waals surface area contributed by atoms with Crippen molar-refractivity contribution < 1.29 is 0 Å². The molecule has 230 valence electrons. The largest absolute Gasteiger partial charge is 0.309 e. The van der Waals surface area contributed by atoms with Gasteiger partial charge in [-0.2, -0.15) is 0 Å². The van der Waals surface area contributed by atoms with Crippen LogP contribution in [-0.2, 0) is 0 Å². The topological polar surface area (TPSA) is 17.8 Å². The van der Waals surface area contributed by atoms with Crippen LogP contribution in [0.5, 0.6) is 0 Å². The summed E-state index contributed by atoms with van der Waals surface area (Å²) in [5.74, 6) is 0. The van der Waals surface area contributed by atoms with E-state index in [0.29, 0.717) is 0 Å². The minimum atomic E-state index is 0.965. The molecule has 0 aliphatic rings. The highest BCUT2D eigenvalue weighted by atomic mass is 15.0. The van der Waals surface area contributed by atoms with Gasteiger partial charge in [-0.3, -0.25) is 0 Å². The Hall–Kier alpha value is -6.51. The first kappa shape index (κ1) is 28.7. The van der Waals surface area contributed by atoms with Crippen LogP contribution in [0.25, 0.3) is 83.4 Å². The van der Waals surface area contributed by atoms with Crippen molar-refractivity contribution in [1.82, 2.24) is 9.55 Å². The van der Waals surface area contributed by atoms with E-state index < -0.39 is 0 Å². The Labute approximate surface area is 286 Å². The predicted octanol–water partition coefficient (Wildman–Crippen LogP) is 12.5. The predicted molar refractivity (Wildman–Crippen MR) is 206 cm³/mol. The molecule has 9 aromatic rings. The van der Waals surface area contributed by atoms with Crippen molar-refractivity contribution in [3.63, 3.8) is 0 Å². The summed E-state index contributed by atoms with van der Waals surface area (Å²) < 4.78 is 2.40. The molecule has 0 radical (unpaired) electrons. The second-order valence-corrected chi connectivity index (χ2v) is 12.4. The summed E-state index contributed by atoms with van der Waals surface area (Å²) in [5, 5.41) is 2.49. The number of rotatable bonds is 6. The molecule has 0 fully saturated rings. The van der Waals surface area contributed by atoms with Crippen molar-refractivity contribution in [2.75, 3.05) is 0 Å². The van der Waals surface area contributed by atoms with Gasteiger partial charge in [-0.1, -0.05) is 146 Å². The molecule has 2 heterocycles. The second kappa shape index (κ2) is 12.3. The van der Waals surface area contributed by atoms with Crippen LogP contribution in [0.2, 0.25) is 0 Å². The highest BCUT2D eigenvalue weighted by Crippen LogP contribution is 2.38. The van der Waals surface area contributed by atoms with Gasteiger partial charge in [0.25, 0.3) is 0 Å². The maximum atomic E-state index is 5.08. The molecule has 0 unspecified atom stereocenters. The van der Waals surface area contributed by atoms with Crippen molar-refractivity contribution >= 4 is 21.8 Å². The molecule has 7 aromatic carbocycles. The lowest BCUT2D eigenvalue weighted by atomic mass is 10.00. The van der Waals surface area contributed by atoms with Gasteiger partial charge in [-0.05, 0) is 81.9 Å². The Morgan fingerprint density at radius 2 is 0.653 bits per heavy atom. The Bertz CT molecular complexity index is 2400. The van der Waals surface area contributed by atoms with Crippen molar-refractivity contribution in [3.05, 3.63) is 194 Å². The minimum Gasteiger partial charge on any atom is -0.309 e. The molecule has 0 N–H and O–H groups in total. The molecular formula is C47H32N2. The lowest BCUT2D eigenvalue weighted by Crippen LogP contribution is -1.95. The van der Waals surface area contributed by atoms with Crippen LogP contribution in [0.4, 0.5) is 0 Å². The van der Waals surface area contributed by atoms with Gasteiger partial charge in [0.05, 0.1) is 22.4 Å². The Balaban J connectivity index is 1.19. The lowest BCUT2D eigenvalue weighted by molar-refractivity contribution is 1.18. The van der Waals surface area contributed by atoms with Crippen LogP contribution in [0.1, 0.15) is 0 Å². The summed E-state index contributed by atoms with van der Waals surface area (Å²) in [6.07, 6.45) is 0. The van der Waals surface area contributed by atoms with Crippen LogP contribution >= 0.6 is 0 Å². The summed E-state index contributed by atoms with van der Waals surface area (Å²) in [7, 11) is 0. The molecule has 49 heavy (non-hydrogen) atoms. The standard InChI is InChI=1S/C47H32N2/c1-5-13-33(14-6-1)38-23-27-46-42(29-38)43-30-39(34-15-7-2-8-16-34)24-28-47(43)49(46)41-25-21-35(22-26-41)40-31-44(36-17-9-3-10-18-36)48-45(32-40)37-19-11-4-12-20-37/h1-32H. The Morgan fingerprint density at radius 3 is 1.08 bits per heavy atom. The van der Waals surface area contributed by atoms with Crippen molar-refractivity contribution in [3.8, 4) is 61.6 Å². The maximum Gasteiger partial charge on any atom is 0.0715 e. The zero-order chi connectivity index (χ0) is 32.6. The van der Waals surface area contributed by atoms with Gasteiger partial charge in [-0.25, -0.2) is 4.98 Å². The molecule has 0 aliphatic heterocycles. The highest BCUT2D eigenvalue weighted by molar-refractivity contribution is 6.11. The minimum absolute atomic E-state index is 0.965. The number of fused-ring (bicyclic) bond motifs is 3. The molecule has 9 rings (SSSR count). The summed E-state index contributed by atoms with van der Waals surface area (Å²) in [6.45, 7) is 0. The number of aromatic nitrogens is 2. The summed E-state index contributed by atoms with van der Waals surface area (Å²) >= 11 is 0. The van der Waals surface area contributed by atoms with Crippen molar-refractivity contribution in [1.29, 1.82) is 0 Å². The first-order valence-electron chi connectivity index (χ1n) is 16.7. The third kappa shape index (κ3) is 5.40. The normalized spacial score (nSPS) is 11.3. The van der Waals surface area contributed by atoms with E-state index >= 15 is 0 Å². The van der Waals surface area contributed by atoms with Crippen LogP contribution in [0.3, 0.4) is 0 Å². The number of nitrogens with zero attached hydrogens (tertiary/aromatic N) is 2. The van der Waals surface area contributed by atoms with E-state index in [9.17, 15) is 0 Å². The third-order valence-electron chi connectivity index (χ3n) is 9.40. The molecule has 0 aliphatic carbocycles. The van der Waals surface area contributed by atoms with Crippen LogP contribution < -0.4 is 0 Å². The molecular weight excluding hydrogens is 593 g/mol. The molecule has 0 bridgehead atoms. The van der Waals surface area contributed by atoms with Gasteiger partial charge in [0.2, 0.25) is 0 Å². The fourth-order valence-corrected chi connectivity index (χ4v) is 6.94. The highest BCUT2D eigenvalue weighted by Gasteiger charge is 2.16. The first-order chi connectivity index (χ1) is 24.3. The van der Waals surface area contributed by atoms with Gasteiger partial charge < -0.3 is 4.57 Å².